The molecule has 0 atom stereocenters. The predicted octanol–water partition coefficient (Wildman–Crippen LogP) is 4.13. The number of hydrogen-bond donors (Lipinski definition) is 2. The summed E-state index contributed by atoms with van der Waals surface area (Å²) in [7, 11) is 0. The number of nitrogens with zero attached hydrogens (tertiary/aromatic N) is 1. The summed E-state index contributed by atoms with van der Waals surface area (Å²) < 4.78 is 1.28. The van der Waals surface area contributed by atoms with Crippen LogP contribution in [0.2, 0.25) is 0 Å². The molecule has 1 aliphatic carbocycles. The van der Waals surface area contributed by atoms with Gasteiger partial charge in [0.1, 0.15) is 5.82 Å². The Bertz CT molecular complexity index is 1200. The number of hydrogen-bond acceptors (Lipinski definition) is 3. The molecule has 1 heterocycles. The van der Waals surface area contributed by atoms with E-state index in [1.165, 1.54) is 10.1 Å². The Labute approximate surface area is 175 Å². The van der Waals surface area contributed by atoms with Gasteiger partial charge in [-0.2, -0.15) is 0 Å². The van der Waals surface area contributed by atoms with Crippen molar-refractivity contribution in [3.05, 3.63) is 122 Å². The van der Waals surface area contributed by atoms with Crippen molar-refractivity contribution in [2.24, 2.45) is 0 Å². The van der Waals surface area contributed by atoms with Crippen molar-refractivity contribution in [3.63, 3.8) is 0 Å². The van der Waals surface area contributed by atoms with E-state index < -0.39 is 5.69 Å². The largest absolute Gasteiger partial charge is 0.345 e. The highest BCUT2D eigenvalue weighted by molar-refractivity contribution is 5.50. The van der Waals surface area contributed by atoms with E-state index in [2.05, 4.69) is 16.4 Å². The highest BCUT2D eigenvalue weighted by Crippen LogP contribution is 2.19. The summed E-state index contributed by atoms with van der Waals surface area (Å²) >= 11 is 0. The fraction of sp³-hybridized carbons (Fsp3) is 0.200. The Morgan fingerprint density at radius 2 is 1.77 bits per heavy atom. The van der Waals surface area contributed by atoms with Gasteiger partial charge in [0.05, 0.1) is 12.1 Å². The molecule has 4 rings (SSSR count). The summed E-state index contributed by atoms with van der Waals surface area (Å²) in [6.45, 7) is 2.27. The molecule has 0 aliphatic heterocycles. The van der Waals surface area contributed by atoms with Gasteiger partial charge in [0, 0.05) is 12.1 Å². The first kappa shape index (κ1) is 19.7. The third-order valence-corrected chi connectivity index (χ3v) is 5.27. The molecule has 0 saturated heterocycles. The summed E-state index contributed by atoms with van der Waals surface area (Å²) in [6.07, 6.45) is 8.28. The zero-order valence-electron chi connectivity index (χ0n) is 17.0. The first-order valence-electron chi connectivity index (χ1n) is 10.2. The maximum Gasteiger partial charge on any atom is 0.330 e. The molecule has 0 bridgehead atoms. The van der Waals surface area contributed by atoms with E-state index in [0.29, 0.717) is 17.8 Å². The van der Waals surface area contributed by atoms with Crippen molar-refractivity contribution in [2.45, 2.75) is 32.7 Å². The van der Waals surface area contributed by atoms with Gasteiger partial charge < -0.3 is 5.32 Å². The Hall–Kier alpha value is -3.60. The van der Waals surface area contributed by atoms with Crippen LogP contribution in [0.5, 0.6) is 0 Å². The van der Waals surface area contributed by atoms with Gasteiger partial charge in [0.15, 0.2) is 0 Å². The molecule has 1 aliphatic rings. The second-order valence-electron chi connectivity index (χ2n) is 7.61. The van der Waals surface area contributed by atoms with E-state index in [1.807, 2.05) is 73.7 Å². The number of aromatic amines is 1. The Kier molecular flexibility index (Phi) is 5.80. The SMILES string of the molecule is Cc1ccc(Cc2c(NC3=CC=CCC3)[nH]c(=O)n(Cc3ccccc3)c2=O)cc1. The van der Waals surface area contributed by atoms with E-state index in [4.69, 9.17) is 0 Å². The van der Waals surface area contributed by atoms with E-state index in [0.717, 1.165) is 29.7 Å². The topological polar surface area (TPSA) is 66.9 Å². The van der Waals surface area contributed by atoms with Gasteiger partial charge in [0.2, 0.25) is 0 Å². The van der Waals surface area contributed by atoms with E-state index in [9.17, 15) is 9.59 Å². The summed E-state index contributed by atoms with van der Waals surface area (Å²) in [6, 6.07) is 17.7. The number of allylic oxidation sites excluding steroid dienone is 4. The normalized spacial score (nSPS) is 13.2. The number of aromatic nitrogens is 2. The molecule has 0 spiro atoms. The van der Waals surface area contributed by atoms with Crippen LogP contribution in [0.15, 0.2) is 88.1 Å². The number of H-pyrrole nitrogens is 1. The number of aryl methyl sites for hydroxylation is 1. The standard InChI is InChI=1S/C25H25N3O2/c1-18-12-14-19(15-13-18)16-22-23(26-21-10-6-3-7-11-21)27-25(30)28(24(22)29)17-20-8-4-2-5-9-20/h2-6,8-10,12-15,26H,7,11,16-17H2,1H3,(H,27,30). The first-order valence-corrected chi connectivity index (χ1v) is 10.2. The van der Waals surface area contributed by atoms with Crippen molar-refractivity contribution < 1.29 is 0 Å². The van der Waals surface area contributed by atoms with Crippen molar-refractivity contribution in [1.82, 2.24) is 9.55 Å². The summed E-state index contributed by atoms with van der Waals surface area (Å²) in [5.41, 5.74) is 3.97. The maximum absolute atomic E-state index is 13.4. The molecule has 2 N–H and O–H groups in total. The van der Waals surface area contributed by atoms with Crippen molar-refractivity contribution in [1.29, 1.82) is 0 Å². The molecule has 0 saturated carbocycles. The highest BCUT2D eigenvalue weighted by Gasteiger charge is 2.16. The second-order valence-corrected chi connectivity index (χ2v) is 7.61. The highest BCUT2D eigenvalue weighted by atomic mass is 16.2. The van der Waals surface area contributed by atoms with Gasteiger partial charge >= 0.3 is 5.69 Å². The minimum Gasteiger partial charge on any atom is -0.345 e. The third-order valence-electron chi connectivity index (χ3n) is 5.27. The minimum atomic E-state index is -0.411. The van der Waals surface area contributed by atoms with Crippen molar-refractivity contribution in [2.75, 3.05) is 5.32 Å². The quantitative estimate of drug-likeness (QED) is 0.655. The van der Waals surface area contributed by atoms with Gasteiger partial charge in [-0.25, -0.2) is 4.79 Å². The molecule has 5 nitrogen and oxygen atoms in total. The third kappa shape index (κ3) is 4.51. The number of benzene rings is 2. The summed E-state index contributed by atoms with van der Waals surface area (Å²) in [5, 5.41) is 3.29. The van der Waals surface area contributed by atoms with Crippen LogP contribution in [-0.4, -0.2) is 9.55 Å². The molecular weight excluding hydrogens is 374 g/mol. The van der Waals surface area contributed by atoms with Crippen LogP contribution in [0, 0.1) is 6.92 Å². The molecule has 0 unspecified atom stereocenters. The van der Waals surface area contributed by atoms with Crippen molar-refractivity contribution in [3.8, 4) is 0 Å². The van der Waals surface area contributed by atoms with Gasteiger partial charge in [-0.1, -0.05) is 72.3 Å². The lowest BCUT2D eigenvalue weighted by Gasteiger charge is -2.17. The first-order chi connectivity index (χ1) is 14.6. The monoisotopic (exact) mass is 399 g/mol. The average molecular weight is 399 g/mol. The van der Waals surface area contributed by atoms with Gasteiger partial charge in [-0.05, 0) is 37.0 Å². The van der Waals surface area contributed by atoms with E-state index in [1.54, 1.807) is 0 Å². The Morgan fingerprint density at radius 1 is 1.00 bits per heavy atom. The fourth-order valence-electron chi connectivity index (χ4n) is 3.57. The van der Waals surface area contributed by atoms with Crippen LogP contribution in [0.4, 0.5) is 5.82 Å². The smallest absolute Gasteiger partial charge is 0.330 e. The van der Waals surface area contributed by atoms with Crippen LogP contribution < -0.4 is 16.6 Å². The lowest BCUT2D eigenvalue weighted by atomic mass is 10.0. The summed E-state index contributed by atoms with van der Waals surface area (Å²) in [4.78, 5) is 29.1. The molecule has 0 fully saturated rings. The number of nitrogens with one attached hydrogen (secondary N) is 2. The van der Waals surface area contributed by atoms with E-state index >= 15 is 0 Å². The zero-order valence-corrected chi connectivity index (χ0v) is 17.0. The number of anilines is 1. The summed E-state index contributed by atoms with van der Waals surface area (Å²) in [5.74, 6) is 0.483. The lowest BCUT2D eigenvalue weighted by Crippen LogP contribution is -2.38. The molecule has 1 aromatic heterocycles. The maximum atomic E-state index is 13.4. The predicted molar refractivity (Wildman–Crippen MR) is 121 cm³/mol. The molecule has 30 heavy (non-hydrogen) atoms. The van der Waals surface area contributed by atoms with E-state index in [-0.39, 0.29) is 12.1 Å². The minimum absolute atomic E-state index is 0.238. The molecule has 0 amide bonds. The number of rotatable bonds is 6. The second kappa shape index (κ2) is 8.82. The lowest BCUT2D eigenvalue weighted by molar-refractivity contribution is 0.689. The van der Waals surface area contributed by atoms with Gasteiger partial charge in [-0.15, -0.1) is 0 Å². The molecule has 0 radical (unpaired) electrons. The Morgan fingerprint density at radius 3 is 2.47 bits per heavy atom. The van der Waals surface area contributed by atoms with Gasteiger partial charge in [0.25, 0.3) is 5.56 Å². The van der Waals surface area contributed by atoms with Crippen LogP contribution >= 0.6 is 0 Å². The van der Waals surface area contributed by atoms with Crippen LogP contribution in [0.3, 0.4) is 0 Å². The van der Waals surface area contributed by atoms with Gasteiger partial charge in [-0.3, -0.25) is 14.3 Å². The van der Waals surface area contributed by atoms with Crippen LogP contribution in [0.25, 0.3) is 0 Å². The molecule has 3 aromatic rings. The molecule has 2 aromatic carbocycles. The van der Waals surface area contributed by atoms with Crippen molar-refractivity contribution >= 4 is 5.82 Å². The Balaban J connectivity index is 1.77. The average Bonchev–Trinajstić information content (AvgIpc) is 2.77. The molecular formula is C25H25N3O2. The molecule has 5 heteroatoms. The van der Waals surface area contributed by atoms with Crippen LogP contribution in [-0.2, 0) is 13.0 Å². The van der Waals surface area contributed by atoms with Crippen LogP contribution in [0.1, 0.15) is 35.1 Å². The zero-order chi connectivity index (χ0) is 20.9. The fourth-order valence-corrected chi connectivity index (χ4v) is 3.57. The molecule has 152 valence electrons.